The number of aliphatic imine (C=N–C) groups is 1. The van der Waals surface area contributed by atoms with E-state index in [0.29, 0.717) is 23.3 Å². The summed E-state index contributed by atoms with van der Waals surface area (Å²) in [6.07, 6.45) is 3.74. The van der Waals surface area contributed by atoms with Crippen LogP contribution >= 0.6 is 0 Å². The molecule has 0 unspecified atom stereocenters. The van der Waals surface area contributed by atoms with E-state index in [1.54, 1.807) is 13.0 Å². The fourth-order valence-corrected chi connectivity index (χ4v) is 3.77. The highest BCUT2D eigenvalue weighted by Gasteiger charge is 2.17. The van der Waals surface area contributed by atoms with Gasteiger partial charge in [0, 0.05) is 19.6 Å². The highest BCUT2D eigenvalue weighted by molar-refractivity contribution is 7.89. The summed E-state index contributed by atoms with van der Waals surface area (Å²) < 4.78 is 27.2. The number of nitrogens with zero attached hydrogens (tertiary/aromatic N) is 1. The van der Waals surface area contributed by atoms with Crippen molar-refractivity contribution in [3.63, 3.8) is 0 Å². The molecular weight excluding hydrogens is 312 g/mol. The summed E-state index contributed by atoms with van der Waals surface area (Å²) in [7, 11) is -3.50. The van der Waals surface area contributed by atoms with Crippen LogP contribution in [0, 0.1) is 19.8 Å². The van der Waals surface area contributed by atoms with Crippen LogP contribution in [0.2, 0.25) is 0 Å². The van der Waals surface area contributed by atoms with E-state index in [1.165, 1.54) is 19.3 Å². The lowest BCUT2D eigenvalue weighted by Gasteiger charge is -2.23. The molecule has 1 saturated carbocycles. The van der Waals surface area contributed by atoms with Gasteiger partial charge in [0.15, 0.2) is 5.96 Å². The van der Waals surface area contributed by atoms with Crippen LogP contribution in [0.15, 0.2) is 28.1 Å². The predicted molar refractivity (Wildman–Crippen MR) is 92.9 cm³/mol. The molecule has 1 aromatic rings. The molecular formula is C16H26N4O2S. The summed E-state index contributed by atoms with van der Waals surface area (Å²) in [6.45, 7) is 5.09. The first-order chi connectivity index (χ1) is 10.9. The van der Waals surface area contributed by atoms with Gasteiger partial charge < -0.3 is 11.1 Å². The number of aryl methyl sites for hydroxylation is 2. The Hall–Kier alpha value is -1.60. The molecule has 1 aliphatic carbocycles. The molecule has 0 atom stereocenters. The Labute approximate surface area is 138 Å². The first kappa shape index (κ1) is 17.7. The second-order valence-corrected chi connectivity index (χ2v) is 7.85. The zero-order chi connectivity index (χ0) is 16.9. The van der Waals surface area contributed by atoms with E-state index < -0.39 is 10.0 Å². The van der Waals surface area contributed by atoms with E-state index >= 15 is 0 Å². The monoisotopic (exact) mass is 338 g/mol. The van der Waals surface area contributed by atoms with Gasteiger partial charge >= 0.3 is 0 Å². The summed E-state index contributed by atoms with van der Waals surface area (Å²) in [6, 6.07) is 5.39. The van der Waals surface area contributed by atoms with Crippen LogP contribution in [0.3, 0.4) is 0 Å². The van der Waals surface area contributed by atoms with E-state index in [-0.39, 0.29) is 6.54 Å². The number of guanidine groups is 1. The molecule has 0 amide bonds. The Balaban J connectivity index is 1.79. The second kappa shape index (κ2) is 7.79. The van der Waals surface area contributed by atoms with Crippen molar-refractivity contribution in [2.75, 3.05) is 19.6 Å². The minimum atomic E-state index is -3.50. The van der Waals surface area contributed by atoms with Crippen molar-refractivity contribution in [2.45, 2.75) is 38.0 Å². The molecule has 7 heteroatoms. The van der Waals surface area contributed by atoms with Crippen LogP contribution in [0.25, 0.3) is 0 Å². The first-order valence-corrected chi connectivity index (χ1v) is 9.47. The lowest BCUT2D eigenvalue weighted by molar-refractivity contribution is 0.326. The molecule has 0 saturated heterocycles. The number of sulfonamides is 1. The molecule has 0 radical (unpaired) electrons. The second-order valence-electron chi connectivity index (χ2n) is 6.12. The number of nitrogens with one attached hydrogen (secondary N) is 2. The molecule has 0 aromatic heterocycles. The molecule has 6 nitrogen and oxygen atoms in total. The molecule has 23 heavy (non-hydrogen) atoms. The minimum absolute atomic E-state index is 0.259. The van der Waals surface area contributed by atoms with Crippen LogP contribution in [-0.4, -0.2) is 34.0 Å². The van der Waals surface area contributed by atoms with Crippen molar-refractivity contribution in [3.8, 4) is 0 Å². The topological polar surface area (TPSA) is 96.6 Å². The van der Waals surface area contributed by atoms with E-state index in [0.717, 1.165) is 17.7 Å². The number of nitrogens with two attached hydrogens (primary N) is 1. The van der Waals surface area contributed by atoms with E-state index in [4.69, 9.17) is 5.73 Å². The number of hydrogen-bond donors (Lipinski definition) is 3. The van der Waals surface area contributed by atoms with Gasteiger partial charge in [-0.05, 0) is 49.8 Å². The molecule has 1 fully saturated rings. The number of hydrogen-bond acceptors (Lipinski definition) is 3. The molecule has 1 aromatic carbocycles. The standard InChI is InChI=1S/C16H26N4O2S/c1-12-6-7-13(2)15(10-12)23(21,22)20-9-8-18-16(17)19-11-14-4-3-5-14/h6-7,10,14,20H,3-5,8-9,11H2,1-2H3,(H3,17,18,19). The minimum Gasteiger partial charge on any atom is -0.370 e. The quantitative estimate of drug-likeness (QED) is 0.396. The van der Waals surface area contributed by atoms with Crippen molar-refractivity contribution < 1.29 is 8.42 Å². The van der Waals surface area contributed by atoms with Gasteiger partial charge in [0.25, 0.3) is 0 Å². The molecule has 0 spiro atoms. The van der Waals surface area contributed by atoms with Gasteiger partial charge in [0.1, 0.15) is 0 Å². The lowest BCUT2D eigenvalue weighted by atomic mass is 9.86. The Morgan fingerprint density at radius 2 is 2.04 bits per heavy atom. The maximum Gasteiger partial charge on any atom is 0.240 e. The van der Waals surface area contributed by atoms with Crippen molar-refractivity contribution >= 4 is 16.0 Å². The van der Waals surface area contributed by atoms with Gasteiger partial charge in [-0.2, -0.15) is 0 Å². The fourth-order valence-electron chi connectivity index (χ4n) is 2.41. The first-order valence-electron chi connectivity index (χ1n) is 7.99. The third kappa shape index (κ3) is 5.21. The summed E-state index contributed by atoms with van der Waals surface area (Å²) in [5.41, 5.74) is 7.42. The summed E-state index contributed by atoms with van der Waals surface area (Å²) >= 11 is 0. The normalized spacial score (nSPS) is 16.2. The van der Waals surface area contributed by atoms with Gasteiger partial charge in [-0.25, -0.2) is 13.1 Å². The molecule has 4 N–H and O–H groups in total. The van der Waals surface area contributed by atoms with Gasteiger partial charge in [0.05, 0.1) is 4.90 Å². The van der Waals surface area contributed by atoms with Gasteiger partial charge in [-0.1, -0.05) is 18.6 Å². The number of benzene rings is 1. The third-order valence-electron chi connectivity index (χ3n) is 4.10. The lowest BCUT2D eigenvalue weighted by Crippen LogP contribution is -2.39. The summed E-state index contributed by atoms with van der Waals surface area (Å²) in [4.78, 5) is 4.59. The zero-order valence-corrected chi connectivity index (χ0v) is 14.6. The largest absolute Gasteiger partial charge is 0.370 e. The number of rotatable bonds is 7. The Morgan fingerprint density at radius 3 is 2.70 bits per heavy atom. The highest BCUT2D eigenvalue weighted by Crippen LogP contribution is 2.26. The SMILES string of the molecule is Cc1ccc(C)c(S(=O)(=O)NCCNC(N)=NCC2CCC2)c1. The molecule has 0 aliphatic heterocycles. The smallest absolute Gasteiger partial charge is 0.240 e. The Kier molecular flexibility index (Phi) is 6.01. The third-order valence-corrected chi connectivity index (χ3v) is 5.70. The van der Waals surface area contributed by atoms with Crippen molar-refractivity contribution in [2.24, 2.45) is 16.6 Å². The Bertz CT molecular complexity index is 667. The zero-order valence-electron chi connectivity index (χ0n) is 13.8. The van der Waals surface area contributed by atoms with Crippen molar-refractivity contribution in [3.05, 3.63) is 29.3 Å². The molecule has 0 bridgehead atoms. The van der Waals surface area contributed by atoms with Gasteiger partial charge in [-0.15, -0.1) is 0 Å². The van der Waals surface area contributed by atoms with E-state index in [9.17, 15) is 8.42 Å². The summed E-state index contributed by atoms with van der Waals surface area (Å²) in [5, 5.41) is 2.94. The van der Waals surface area contributed by atoms with Crippen LogP contribution in [0.1, 0.15) is 30.4 Å². The van der Waals surface area contributed by atoms with Gasteiger partial charge in [-0.3, -0.25) is 4.99 Å². The van der Waals surface area contributed by atoms with Crippen molar-refractivity contribution in [1.29, 1.82) is 0 Å². The van der Waals surface area contributed by atoms with E-state index in [2.05, 4.69) is 15.0 Å². The van der Waals surface area contributed by atoms with Crippen molar-refractivity contribution in [1.82, 2.24) is 10.0 Å². The van der Waals surface area contributed by atoms with Crippen LogP contribution in [0.5, 0.6) is 0 Å². The van der Waals surface area contributed by atoms with Gasteiger partial charge in [0.2, 0.25) is 10.0 Å². The maximum atomic E-state index is 12.3. The fraction of sp³-hybridized carbons (Fsp3) is 0.562. The maximum absolute atomic E-state index is 12.3. The highest BCUT2D eigenvalue weighted by atomic mass is 32.2. The predicted octanol–water partition coefficient (Wildman–Crippen LogP) is 1.29. The van der Waals surface area contributed by atoms with E-state index in [1.807, 2.05) is 19.1 Å². The molecule has 2 rings (SSSR count). The molecule has 128 valence electrons. The van der Waals surface area contributed by atoms with Crippen LogP contribution in [-0.2, 0) is 10.0 Å². The van der Waals surface area contributed by atoms with Crippen LogP contribution in [0.4, 0.5) is 0 Å². The summed E-state index contributed by atoms with van der Waals surface area (Å²) in [5.74, 6) is 1.04. The Morgan fingerprint density at radius 1 is 1.30 bits per heavy atom. The molecule has 0 heterocycles. The average Bonchev–Trinajstić information content (AvgIpc) is 2.44. The van der Waals surface area contributed by atoms with Crippen LogP contribution < -0.4 is 15.8 Å². The average molecular weight is 338 g/mol. The molecule has 1 aliphatic rings.